The molecule has 23 heavy (non-hydrogen) atoms. The first-order valence-electron chi connectivity index (χ1n) is 6.59. The predicted octanol–water partition coefficient (Wildman–Crippen LogP) is 2.84. The number of carboxylic acids is 1. The van der Waals surface area contributed by atoms with Gasteiger partial charge in [0, 0.05) is 18.4 Å². The molecule has 6 nitrogen and oxygen atoms in total. The molecule has 0 amide bonds. The molecule has 0 aromatic heterocycles. The van der Waals surface area contributed by atoms with Crippen molar-refractivity contribution in [3.8, 4) is 11.5 Å². The van der Waals surface area contributed by atoms with E-state index in [1.54, 1.807) is 12.1 Å². The van der Waals surface area contributed by atoms with Gasteiger partial charge in [0.2, 0.25) is 0 Å². The van der Waals surface area contributed by atoms with Gasteiger partial charge in [-0.3, -0.25) is 4.79 Å². The number of carboxylic acid groups (broad SMARTS) is 1. The van der Waals surface area contributed by atoms with Crippen molar-refractivity contribution in [2.24, 2.45) is 0 Å². The second-order valence-corrected chi connectivity index (χ2v) is 5.35. The average molecular weight is 336 g/mol. The van der Waals surface area contributed by atoms with E-state index in [-0.39, 0.29) is 29.2 Å². The second kappa shape index (κ2) is 6.58. The number of phenolic OH excluding ortho intramolecular Hbond substituents is 1. The number of rotatable bonds is 4. The van der Waals surface area contributed by atoms with Crippen molar-refractivity contribution in [2.45, 2.75) is 13.3 Å². The number of carbonyl (C=O) groups excluding carboxylic acids is 1. The van der Waals surface area contributed by atoms with Gasteiger partial charge < -0.3 is 20.7 Å². The monoisotopic (exact) mass is 335 g/mol. The number of aromatic carboxylic acids is 1. The van der Waals surface area contributed by atoms with E-state index in [9.17, 15) is 19.8 Å². The first-order chi connectivity index (χ1) is 10.8. The second-order valence-electron chi connectivity index (χ2n) is 4.91. The third-order valence-corrected chi connectivity index (χ3v) is 3.32. The van der Waals surface area contributed by atoms with Crippen LogP contribution in [0.5, 0.6) is 11.5 Å². The quantitative estimate of drug-likeness (QED) is 0.450. The maximum atomic E-state index is 11.4. The minimum Gasteiger partial charge on any atom is -0.508 e. The Morgan fingerprint density at radius 1 is 1.26 bits per heavy atom. The first kappa shape index (κ1) is 16.6. The molecule has 2 aromatic carbocycles. The molecule has 0 atom stereocenters. The molecule has 0 aliphatic carbocycles. The van der Waals surface area contributed by atoms with E-state index in [1.165, 1.54) is 18.2 Å². The maximum Gasteiger partial charge on any atom is 0.339 e. The number of halogens is 1. The number of nitrogens with two attached hydrogens (primary N) is 1. The molecule has 0 radical (unpaired) electrons. The number of hydrogen-bond donors (Lipinski definition) is 3. The third kappa shape index (κ3) is 3.92. The molecule has 0 unspecified atom stereocenters. The summed E-state index contributed by atoms with van der Waals surface area (Å²) in [4.78, 5) is 22.4. The molecule has 0 aliphatic rings. The van der Waals surface area contributed by atoms with Gasteiger partial charge in [0.1, 0.15) is 11.3 Å². The Kier molecular flexibility index (Phi) is 4.76. The van der Waals surface area contributed by atoms with Gasteiger partial charge in [-0.25, -0.2) is 4.79 Å². The highest BCUT2D eigenvalue weighted by molar-refractivity contribution is 6.30. The zero-order valence-electron chi connectivity index (χ0n) is 12.2. The number of ether oxygens (including phenoxy) is 1. The topological polar surface area (TPSA) is 110 Å². The van der Waals surface area contributed by atoms with Crippen LogP contribution in [0.2, 0.25) is 5.02 Å². The molecular formula is C16H14ClNO5. The van der Waals surface area contributed by atoms with Crippen molar-refractivity contribution in [3.63, 3.8) is 0 Å². The van der Waals surface area contributed by atoms with E-state index < -0.39 is 11.9 Å². The molecule has 0 heterocycles. The summed E-state index contributed by atoms with van der Waals surface area (Å²) in [6.45, 7) is 1.16. The Balaban J connectivity index is 2.46. The first-order valence-corrected chi connectivity index (χ1v) is 6.97. The van der Waals surface area contributed by atoms with Crippen LogP contribution < -0.4 is 10.5 Å². The van der Waals surface area contributed by atoms with Gasteiger partial charge in [0.25, 0.3) is 0 Å². The van der Waals surface area contributed by atoms with Crippen LogP contribution in [0.3, 0.4) is 0 Å². The zero-order valence-corrected chi connectivity index (χ0v) is 12.9. The normalized spacial score (nSPS) is 10.3. The number of hydrogen-bond acceptors (Lipinski definition) is 5. The Hall–Kier alpha value is -2.73. The number of aromatic hydroxyl groups is 1. The standard InChI is InChI=1S/C16H14ClNO5/c1-8(19)23-15-12(16(21)22)5-9(6-13(15)18)4-10-7-11(17)2-3-14(10)20/h2-3,5-7,20H,4,18H2,1H3,(H,21,22). The van der Waals surface area contributed by atoms with E-state index in [0.717, 1.165) is 6.92 Å². The van der Waals surface area contributed by atoms with Crippen LogP contribution in [0, 0.1) is 0 Å². The van der Waals surface area contributed by atoms with Crippen molar-refractivity contribution in [1.29, 1.82) is 0 Å². The van der Waals surface area contributed by atoms with Gasteiger partial charge >= 0.3 is 11.9 Å². The number of carbonyl (C=O) groups is 2. The predicted molar refractivity (Wildman–Crippen MR) is 85.0 cm³/mol. The fourth-order valence-electron chi connectivity index (χ4n) is 2.15. The molecule has 2 aromatic rings. The molecule has 120 valence electrons. The van der Waals surface area contributed by atoms with Crippen LogP contribution in [-0.4, -0.2) is 22.2 Å². The van der Waals surface area contributed by atoms with Gasteiger partial charge in [-0.05, 0) is 41.5 Å². The Bertz CT molecular complexity index is 788. The van der Waals surface area contributed by atoms with E-state index in [0.29, 0.717) is 16.1 Å². The lowest BCUT2D eigenvalue weighted by atomic mass is 10.0. The number of esters is 1. The summed E-state index contributed by atoms with van der Waals surface area (Å²) < 4.78 is 4.87. The van der Waals surface area contributed by atoms with Crippen LogP contribution in [-0.2, 0) is 11.2 Å². The highest BCUT2D eigenvalue weighted by atomic mass is 35.5. The molecule has 0 fully saturated rings. The van der Waals surface area contributed by atoms with Crippen LogP contribution in [0.1, 0.15) is 28.4 Å². The van der Waals surface area contributed by atoms with E-state index in [1.807, 2.05) is 0 Å². The van der Waals surface area contributed by atoms with E-state index in [4.69, 9.17) is 22.1 Å². The summed E-state index contributed by atoms with van der Waals surface area (Å²) in [5.41, 5.74) is 6.66. The molecule has 0 bridgehead atoms. The smallest absolute Gasteiger partial charge is 0.339 e. The van der Waals surface area contributed by atoms with Crippen molar-refractivity contribution < 1.29 is 24.5 Å². The fourth-order valence-corrected chi connectivity index (χ4v) is 2.34. The van der Waals surface area contributed by atoms with Crippen LogP contribution in [0.4, 0.5) is 5.69 Å². The molecule has 2 rings (SSSR count). The minimum atomic E-state index is -1.27. The summed E-state index contributed by atoms with van der Waals surface area (Å²) >= 11 is 5.89. The lowest BCUT2D eigenvalue weighted by Crippen LogP contribution is -2.10. The lowest BCUT2D eigenvalue weighted by Gasteiger charge is -2.12. The molecule has 4 N–H and O–H groups in total. The van der Waals surface area contributed by atoms with Gasteiger partial charge in [0.05, 0.1) is 5.69 Å². The van der Waals surface area contributed by atoms with Gasteiger partial charge in [-0.1, -0.05) is 11.6 Å². The fraction of sp³-hybridized carbons (Fsp3) is 0.125. The number of nitrogen functional groups attached to an aromatic ring is 1. The molecule has 0 spiro atoms. The van der Waals surface area contributed by atoms with Gasteiger partial charge in [-0.2, -0.15) is 0 Å². The summed E-state index contributed by atoms with van der Waals surface area (Å²) in [7, 11) is 0. The lowest BCUT2D eigenvalue weighted by molar-refractivity contribution is -0.131. The largest absolute Gasteiger partial charge is 0.508 e. The third-order valence-electron chi connectivity index (χ3n) is 3.09. The molecular weight excluding hydrogens is 322 g/mol. The van der Waals surface area contributed by atoms with Crippen molar-refractivity contribution in [1.82, 2.24) is 0 Å². The van der Waals surface area contributed by atoms with Crippen molar-refractivity contribution in [3.05, 3.63) is 52.0 Å². The number of anilines is 1. The summed E-state index contributed by atoms with van der Waals surface area (Å²) in [6.07, 6.45) is 0.219. The minimum absolute atomic E-state index is 0.0246. The molecule has 0 saturated heterocycles. The Morgan fingerprint density at radius 3 is 2.57 bits per heavy atom. The van der Waals surface area contributed by atoms with Crippen LogP contribution >= 0.6 is 11.6 Å². The summed E-state index contributed by atoms with van der Waals surface area (Å²) in [6, 6.07) is 7.41. The Labute approximate surface area is 137 Å². The number of phenols is 1. The Morgan fingerprint density at radius 2 is 1.96 bits per heavy atom. The molecule has 0 saturated carbocycles. The zero-order chi connectivity index (χ0) is 17.1. The van der Waals surface area contributed by atoms with Crippen molar-refractivity contribution in [2.75, 3.05) is 5.73 Å². The summed E-state index contributed by atoms with van der Waals surface area (Å²) in [5, 5.41) is 19.6. The summed E-state index contributed by atoms with van der Waals surface area (Å²) in [5.74, 6) is -2.09. The highest BCUT2D eigenvalue weighted by Crippen LogP contribution is 2.31. The number of benzene rings is 2. The maximum absolute atomic E-state index is 11.4. The van der Waals surface area contributed by atoms with Crippen molar-refractivity contribution >= 4 is 29.2 Å². The van der Waals surface area contributed by atoms with E-state index >= 15 is 0 Å². The van der Waals surface area contributed by atoms with Gasteiger partial charge in [-0.15, -0.1) is 0 Å². The van der Waals surface area contributed by atoms with E-state index in [2.05, 4.69) is 0 Å². The van der Waals surface area contributed by atoms with Crippen LogP contribution in [0.25, 0.3) is 0 Å². The molecule has 0 aliphatic heterocycles. The van der Waals surface area contributed by atoms with Crippen LogP contribution in [0.15, 0.2) is 30.3 Å². The molecule has 7 heteroatoms. The SMILES string of the molecule is CC(=O)Oc1c(N)cc(Cc2cc(Cl)ccc2O)cc1C(=O)O. The van der Waals surface area contributed by atoms with Gasteiger partial charge in [0.15, 0.2) is 5.75 Å². The average Bonchev–Trinajstić information content (AvgIpc) is 2.45. The highest BCUT2D eigenvalue weighted by Gasteiger charge is 2.18.